The second kappa shape index (κ2) is 6.80. The third-order valence-corrected chi connectivity index (χ3v) is 5.18. The van der Waals surface area contributed by atoms with Gasteiger partial charge in [0.25, 0.3) is 0 Å². The van der Waals surface area contributed by atoms with Crippen molar-refractivity contribution in [1.29, 1.82) is 5.26 Å². The maximum Gasteiger partial charge on any atom is 0.242 e. The van der Waals surface area contributed by atoms with E-state index < -0.39 is 21.5 Å². The number of hydrogen-bond acceptors (Lipinski definition) is 4. The van der Waals surface area contributed by atoms with Crippen LogP contribution in [0.5, 0.6) is 5.75 Å². The molecule has 0 radical (unpaired) electrons. The number of ether oxygens (including phenoxy) is 1. The normalized spacial score (nSPS) is 13.5. The molecule has 0 aromatic heterocycles. The summed E-state index contributed by atoms with van der Waals surface area (Å²) < 4.78 is 33.7. The van der Waals surface area contributed by atoms with Gasteiger partial charge in [-0.1, -0.05) is 45.0 Å². The lowest BCUT2D eigenvalue weighted by Crippen LogP contribution is -2.42. The Morgan fingerprint density at radius 2 is 1.79 bits per heavy atom. The minimum atomic E-state index is -3.84. The van der Waals surface area contributed by atoms with Gasteiger partial charge in [0, 0.05) is 10.8 Å². The molecular formula is C18H22N2O3S. The van der Waals surface area contributed by atoms with Crippen LogP contribution in [0.15, 0.2) is 41.3 Å². The highest BCUT2D eigenvalue weighted by molar-refractivity contribution is 7.89. The molecule has 2 aromatic rings. The fraction of sp³-hybridized carbons (Fsp3) is 0.389. The molecule has 24 heavy (non-hydrogen) atoms. The summed E-state index contributed by atoms with van der Waals surface area (Å²) in [6.45, 7) is 7.83. The number of nitrogens with one attached hydrogen (secondary N) is 1. The van der Waals surface area contributed by atoms with E-state index in [1.54, 1.807) is 18.2 Å². The number of sulfonamides is 1. The molecule has 0 heterocycles. The SMILES string of the molecule is CCOc1ccc(S(=O)(=O)NC(C#N)C(C)(C)C)c2ccccc12. The first kappa shape index (κ1) is 18.2. The molecule has 0 saturated heterocycles. The minimum Gasteiger partial charge on any atom is -0.493 e. The lowest BCUT2D eigenvalue weighted by molar-refractivity contribution is 0.344. The van der Waals surface area contributed by atoms with E-state index in [2.05, 4.69) is 4.72 Å². The summed E-state index contributed by atoms with van der Waals surface area (Å²) in [6, 6.07) is 11.6. The van der Waals surface area contributed by atoms with Crippen LogP contribution >= 0.6 is 0 Å². The highest BCUT2D eigenvalue weighted by Crippen LogP contribution is 2.31. The van der Waals surface area contributed by atoms with Crippen LogP contribution in [-0.4, -0.2) is 21.1 Å². The Balaban J connectivity index is 2.56. The first-order chi connectivity index (χ1) is 11.2. The van der Waals surface area contributed by atoms with Gasteiger partial charge in [0.15, 0.2) is 0 Å². The molecule has 2 rings (SSSR count). The van der Waals surface area contributed by atoms with E-state index in [1.165, 1.54) is 6.07 Å². The van der Waals surface area contributed by atoms with E-state index in [-0.39, 0.29) is 4.90 Å². The fourth-order valence-corrected chi connectivity index (χ4v) is 3.93. The van der Waals surface area contributed by atoms with Crippen molar-refractivity contribution in [2.45, 2.75) is 38.6 Å². The smallest absolute Gasteiger partial charge is 0.242 e. The molecule has 128 valence electrons. The summed E-state index contributed by atoms with van der Waals surface area (Å²) in [5, 5.41) is 10.6. The van der Waals surface area contributed by atoms with Crippen LogP contribution in [0.25, 0.3) is 10.8 Å². The Morgan fingerprint density at radius 1 is 1.17 bits per heavy atom. The van der Waals surface area contributed by atoms with Gasteiger partial charge in [-0.3, -0.25) is 0 Å². The van der Waals surface area contributed by atoms with Gasteiger partial charge in [0.1, 0.15) is 11.8 Å². The van der Waals surface area contributed by atoms with Crippen molar-refractivity contribution in [2.24, 2.45) is 5.41 Å². The average Bonchev–Trinajstić information content (AvgIpc) is 2.52. The number of fused-ring (bicyclic) bond motifs is 1. The van der Waals surface area contributed by atoms with Gasteiger partial charge in [0.05, 0.1) is 17.6 Å². The number of rotatable bonds is 5. The van der Waals surface area contributed by atoms with Gasteiger partial charge >= 0.3 is 0 Å². The lowest BCUT2D eigenvalue weighted by atomic mass is 9.88. The second-order valence-electron chi connectivity index (χ2n) is 6.59. The number of nitrogens with zero attached hydrogens (tertiary/aromatic N) is 1. The Hall–Kier alpha value is -2.10. The maximum atomic E-state index is 12.8. The summed E-state index contributed by atoms with van der Waals surface area (Å²) in [5.41, 5.74) is -0.511. The number of nitriles is 1. The third kappa shape index (κ3) is 3.69. The monoisotopic (exact) mass is 346 g/mol. The largest absolute Gasteiger partial charge is 0.493 e. The predicted molar refractivity (Wildman–Crippen MR) is 94.3 cm³/mol. The van der Waals surface area contributed by atoms with Crippen LogP contribution in [0.1, 0.15) is 27.7 Å². The summed E-state index contributed by atoms with van der Waals surface area (Å²) in [5.74, 6) is 0.639. The third-order valence-electron chi connectivity index (χ3n) is 3.70. The summed E-state index contributed by atoms with van der Waals surface area (Å²) in [7, 11) is -3.84. The summed E-state index contributed by atoms with van der Waals surface area (Å²) >= 11 is 0. The molecule has 0 aliphatic heterocycles. The first-order valence-electron chi connectivity index (χ1n) is 7.77. The minimum absolute atomic E-state index is 0.144. The van der Waals surface area contributed by atoms with Gasteiger partial charge < -0.3 is 4.74 Å². The quantitative estimate of drug-likeness (QED) is 0.899. The van der Waals surface area contributed by atoms with Crippen molar-refractivity contribution in [2.75, 3.05) is 6.61 Å². The van der Waals surface area contributed by atoms with Crippen LogP contribution in [0.4, 0.5) is 0 Å². The van der Waals surface area contributed by atoms with Gasteiger partial charge in [-0.25, -0.2) is 8.42 Å². The first-order valence-corrected chi connectivity index (χ1v) is 9.25. The molecule has 1 unspecified atom stereocenters. The Labute approximate surface area is 143 Å². The van der Waals surface area contributed by atoms with Crippen LogP contribution in [0.2, 0.25) is 0 Å². The number of benzene rings is 2. The van der Waals surface area contributed by atoms with Gasteiger partial charge in [-0.2, -0.15) is 9.98 Å². The Bertz CT molecular complexity index is 877. The van der Waals surface area contributed by atoms with E-state index in [4.69, 9.17) is 4.74 Å². The predicted octanol–water partition coefficient (Wildman–Crippen LogP) is 3.46. The zero-order valence-electron chi connectivity index (χ0n) is 14.3. The lowest BCUT2D eigenvalue weighted by Gasteiger charge is -2.25. The van der Waals surface area contributed by atoms with E-state index in [0.29, 0.717) is 17.7 Å². The van der Waals surface area contributed by atoms with Crippen molar-refractivity contribution >= 4 is 20.8 Å². The molecule has 0 saturated carbocycles. The molecule has 1 N–H and O–H groups in total. The van der Waals surface area contributed by atoms with E-state index in [1.807, 2.05) is 45.9 Å². The van der Waals surface area contributed by atoms with Crippen molar-refractivity contribution in [3.63, 3.8) is 0 Å². The van der Waals surface area contributed by atoms with Crippen molar-refractivity contribution in [3.05, 3.63) is 36.4 Å². The molecule has 0 bridgehead atoms. The molecular weight excluding hydrogens is 324 g/mol. The fourth-order valence-electron chi connectivity index (χ4n) is 2.37. The molecule has 0 amide bonds. The van der Waals surface area contributed by atoms with E-state index in [9.17, 15) is 13.7 Å². The Morgan fingerprint density at radius 3 is 2.33 bits per heavy atom. The molecule has 0 fully saturated rings. The summed E-state index contributed by atoms with van der Waals surface area (Å²) in [4.78, 5) is 0.144. The average molecular weight is 346 g/mol. The zero-order chi connectivity index (χ0) is 18.0. The molecule has 2 aromatic carbocycles. The van der Waals surface area contributed by atoms with Crippen molar-refractivity contribution in [3.8, 4) is 11.8 Å². The highest BCUT2D eigenvalue weighted by Gasteiger charge is 2.30. The van der Waals surface area contributed by atoms with Crippen molar-refractivity contribution < 1.29 is 13.2 Å². The number of hydrogen-bond donors (Lipinski definition) is 1. The van der Waals surface area contributed by atoms with Gasteiger partial charge in [-0.15, -0.1) is 0 Å². The van der Waals surface area contributed by atoms with Gasteiger partial charge in [-0.05, 0) is 24.5 Å². The standard InChI is InChI=1S/C18H22N2O3S/c1-5-23-15-10-11-16(14-9-7-6-8-13(14)15)24(21,22)20-17(12-19)18(2,3)4/h6-11,17,20H,5H2,1-4H3. The molecule has 5 nitrogen and oxygen atoms in total. The topological polar surface area (TPSA) is 79.2 Å². The summed E-state index contributed by atoms with van der Waals surface area (Å²) in [6.07, 6.45) is 0. The molecule has 0 aliphatic rings. The highest BCUT2D eigenvalue weighted by atomic mass is 32.2. The zero-order valence-corrected chi connectivity index (χ0v) is 15.1. The van der Waals surface area contributed by atoms with Crippen molar-refractivity contribution in [1.82, 2.24) is 4.72 Å². The second-order valence-corrected chi connectivity index (χ2v) is 8.27. The van der Waals surface area contributed by atoms with Gasteiger partial charge in [0.2, 0.25) is 10.0 Å². The molecule has 0 spiro atoms. The van der Waals surface area contributed by atoms with Crippen LogP contribution in [0, 0.1) is 16.7 Å². The Kier molecular flexibility index (Phi) is 5.16. The van der Waals surface area contributed by atoms with Crippen LogP contribution in [0.3, 0.4) is 0 Å². The molecule has 1 atom stereocenters. The van der Waals surface area contributed by atoms with E-state index >= 15 is 0 Å². The molecule has 6 heteroatoms. The van der Waals surface area contributed by atoms with E-state index in [0.717, 1.165) is 5.39 Å². The van der Waals surface area contributed by atoms with Crippen LogP contribution in [-0.2, 0) is 10.0 Å². The maximum absolute atomic E-state index is 12.8. The molecule has 0 aliphatic carbocycles. The van der Waals surface area contributed by atoms with Crippen LogP contribution < -0.4 is 9.46 Å².